The van der Waals surface area contributed by atoms with Gasteiger partial charge in [0.05, 0.1) is 4.92 Å². The van der Waals surface area contributed by atoms with Crippen molar-refractivity contribution in [2.75, 3.05) is 0 Å². The first-order valence-electron chi connectivity index (χ1n) is 9.48. The molecule has 0 aliphatic carbocycles. The van der Waals surface area contributed by atoms with Crippen molar-refractivity contribution < 1.29 is 14.8 Å². The summed E-state index contributed by atoms with van der Waals surface area (Å²) in [6, 6.07) is 0. The molecule has 0 radical (unpaired) electrons. The molecule has 1 aromatic rings. The van der Waals surface area contributed by atoms with Gasteiger partial charge in [0.2, 0.25) is 5.70 Å². The van der Waals surface area contributed by atoms with Gasteiger partial charge in [0.25, 0.3) is 0 Å². The van der Waals surface area contributed by atoms with Gasteiger partial charge in [-0.1, -0.05) is 6.42 Å². The number of hydrogen-bond acceptors (Lipinski definition) is 4. The molecule has 2 rings (SSSR count). The van der Waals surface area contributed by atoms with Crippen LogP contribution in [-0.4, -0.2) is 15.6 Å². The second kappa shape index (κ2) is 8.11. The maximum Gasteiger partial charge on any atom is 0.239 e. The summed E-state index contributed by atoms with van der Waals surface area (Å²) in [6.45, 7) is 9.63. The fraction of sp³-hybridized carbons (Fsp3) is 0.619. The van der Waals surface area contributed by atoms with Crippen LogP contribution in [0.1, 0.15) is 74.6 Å². The standard InChI is InChI=1S/C21H31NO4/c1-14(22(24)25)10-8-6-7-9-12-21(5)13-11-18-17(4)19(23)15(2)16(3)20(18)26-21/h10,23H,6-9,11-13H2,1-5H3/b14-10-. The summed E-state index contributed by atoms with van der Waals surface area (Å²) in [5.74, 6) is 1.35. The molecule has 144 valence electrons. The lowest BCUT2D eigenvalue weighted by atomic mass is 9.84. The number of allylic oxidation sites excluding steroid dienone is 2. The van der Waals surface area contributed by atoms with E-state index in [1.165, 1.54) is 0 Å². The van der Waals surface area contributed by atoms with E-state index >= 15 is 0 Å². The minimum Gasteiger partial charge on any atom is -0.507 e. The van der Waals surface area contributed by atoms with Crippen LogP contribution in [0.5, 0.6) is 11.5 Å². The van der Waals surface area contributed by atoms with Crippen molar-refractivity contribution in [1.82, 2.24) is 0 Å². The largest absolute Gasteiger partial charge is 0.507 e. The number of benzene rings is 1. The molecule has 1 aliphatic rings. The van der Waals surface area contributed by atoms with Gasteiger partial charge in [0.1, 0.15) is 17.1 Å². The fourth-order valence-electron chi connectivity index (χ4n) is 3.68. The van der Waals surface area contributed by atoms with E-state index in [0.717, 1.165) is 72.9 Å². The molecule has 0 fully saturated rings. The summed E-state index contributed by atoms with van der Waals surface area (Å²) in [5, 5.41) is 20.8. The Morgan fingerprint density at radius 3 is 2.58 bits per heavy atom. The second-order valence-electron chi connectivity index (χ2n) is 7.79. The van der Waals surface area contributed by atoms with Crippen molar-refractivity contribution >= 4 is 0 Å². The maximum absolute atomic E-state index is 10.6. The van der Waals surface area contributed by atoms with Crippen LogP contribution in [-0.2, 0) is 6.42 Å². The first-order valence-corrected chi connectivity index (χ1v) is 9.48. The van der Waals surface area contributed by atoms with E-state index in [2.05, 4.69) is 6.92 Å². The number of unbranched alkanes of at least 4 members (excludes halogenated alkanes) is 3. The van der Waals surface area contributed by atoms with Crippen LogP contribution in [0.3, 0.4) is 0 Å². The number of phenolic OH excluding ortho intramolecular Hbond substituents is 1. The minimum absolute atomic E-state index is 0.180. The Kier molecular flexibility index (Phi) is 6.32. The summed E-state index contributed by atoms with van der Waals surface area (Å²) in [5.41, 5.74) is 4.07. The highest BCUT2D eigenvalue weighted by molar-refractivity contribution is 5.58. The number of hydrogen-bond donors (Lipinski definition) is 1. The average Bonchev–Trinajstić information content (AvgIpc) is 2.60. The van der Waals surface area contributed by atoms with Crippen LogP contribution >= 0.6 is 0 Å². The third-order valence-electron chi connectivity index (χ3n) is 5.73. The highest BCUT2D eigenvalue weighted by atomic mass is 16.6. The molecule has 1 unspecified atom stereocenters. The van der Waals surface area contributed by atoms with Gasteiger partial charge in [-0.05, 0) is 89.0 Å². The molecule has 0 saturated carbocycles. The molecule has 1 N–H and O–H groups in total. The lowest BCUT2D eigenvalue weighted by Crippen LogP contribution is -2.37. The lowest BCUT2D eigenvalue weighted by Gasteiger charge is -2.38. The van der Waals surface area contributed by atoms with E-state index < -0.39 is 0 Å². The molecule has 1 aliphatic heterocycles. The van der Waals surface area contributed by atoms with Crippen molar-refractivity contribution in [2.45, 2.75) is 85.2 Å². The van der Waals surface area contributed by atoms with E-state index in [0.29, 0.717) is 5.75 Å². The predicted octanol–water partition coefficient (Wildman–Crippen LogP) is 5.53. The van der Waals surface area contributed by atoms with E-state index in [9.17, 15) is 15.2 Å². The van der Waals surface area contributed by atoms with Crippen molar-refractivity contribution in [2.24, 2.45) is 0 Å². The molecule has 26 heavy (non-hydrogen) atoms. The highest BCUT2D eigenvalue weighted by Gasteiger charge is 2.34. The highest BCUT2D eigenvalue weighted by Crippen LogP contribution is 2.44. The zero-order valence-corrected chi connectivity index (χ0v) is 16.6. The average molecular weight is 361 g/mol. The lowest BCUT2D eigenvalue weighted by molar-refractivity contribution is -0.424. The molecule has 0 aromatic heterocycles. The Morgan fingerprint density at radius 1 is 1.23 bits per heavy atom. The molecule has 0 amide bonds. The van der Waals surface area contributed by atoms with Crippen LogP contribution in [0.25, 0.3) is 0 Å². The summed E-state index contributed by atoms with van der Waals surface area (Å²) in [4.78, 5) is 10.2. The van der Waals surface area contributed by atoms with Gasteiger partial charge < -0.3 is 9.84 Å². The molecule has 1 aromatic carbocycles. The first kappa shape index (κ1) is 20.3. The van der Waals surface area contributed by atoms with E-state index in [4.69, 9.17) is 4.74 Å². The number of aromatic hydroxyl groups is 1. The first-order chi connectivity index (χ1) is 12.2. The maximum atomic E-state index is 10.6. The Labute approximate surface area is 156 Å². The topological polar surface area (TPSA) is 72.6 Å². The monoisotopic (exact) mass is 361 g/mol. The SMILES string of the molecule is C/C(=C/CCCCCC1(C)CCc2c(C)c(O)c(C)c(C)c2O1)[N+](=O)[O-]. The Bertz CT molecular complexity index is 723. The Hall–Kier alpha value is -2.04. The van der Waals surface area contributed by atoms with E-state index in [1.54, 1.807) is 13.0 Å². The second-order valence-corrected chi connectivity index (χ2v) is 7.79. The molecule has 1 atom stereocenters. The van der Waals surface area contributed by atoms with Crippen LogP contribution < -0.4 is 4.74 Å². The third kappa shape index (κ3) is 4.37. The number of nitro groups is 1. The van der Waals surface area contributed by atoms with Gasteiger partial charge in [0, 0.05) is 12.5 Å². The molecular formula is C21H31NO4. The fourth-order valence-corrected chi connectivity index (χ4v) is 3.68. The molecule has 5 nitrogen and oxygen atoms in total. The van der Waals surface area contributed by atoms with Gasteiger partial charge in [-0.25, -0.2) is 0 Å². The normalized spacial score (nSPS) is 19.8. The third-order valence-corrected chi connectivity index (χ3v) is 5.73. The number of phenols is 1. The van der Waals surface area contributed by atoms with Crippen molar-refractivity contribution in [3.05, 3.63) is 44.1 Å². The van der Waals surface area contributed by atoms with E-state index in [-0.39, 0.29) is 16.2 Å². The smallest absolute Gasteiger partial charge is 0.239 e. The van der Waals surface area contributed by atoms with Crippen molar-refractivity contribution in [1.29, 1.82) is 0 Å². The number of rotatable bonds is 7. The molecule has 0 spiro atoms. The van der Waals surface area contributed by atoms with Crippen molar-refractivity contribution in [3.63, 3.8) is 0 Å². The predicted molar refractivity (Wildman–Crippen MR) is 104 cm³/mol. The van der Waals surface area contributed by atoms with Crippen LogP contribution in [0.15, 0.2) is 11.8 Å². The summed E-state index contributed by atoms with van der Waals surface area (Å²) >= 11 is 0. The van der Waals surface area contributed by atoms with Gasteiger partial charge in [-0.15, -0.1) is 0 Å². The molecule has 0 saturated heterocycles. The quantitative estimate of drug-likeness (QED) is 0.393. The zero-order valence-electron chi connectivity index (χ0n) is 16.6. The zero-order chi connectivity index (χ0) is 19.5. The van der Waals surface area contributed by atoms with E-state index in [1.807, 2.05) is 20.8 Å². The minimum atomic E-state index is -0.335. The molecule has 0 bridgehead atoms. The Balaban J connectivity index is 1.93. The number of ether oxygens (including phenoxy) is 1. The van der Waals surface area contributed by atoms with Crippen LogP contribution in [0.2, 0.25) is 0 Å². The van der Waals surface area contributed by atoms with Crippen LogP contribution in [0.4, 0.5) is 0 Å². The Morgan fingerprint density at radius 2 is 1.92 bits per heavy atom. The van der Waals surface area contributed by atoms with Gasteiger partial charge in [-0.2, -0.15) is 0 Å². The summed E-state index contributed by atoms with van der Waals surface area (Å²) in [7, 11) is 0. The molecular weight excluding hydrogens is 330 g/mol. The van der Waals surface area contributed by atoms with Gasteiger partial charge in [0.15, 0.2) is 0 Å². The molecule has 5 heteroatoms. The van der Waals surface area contributed by atoms with Gasteiger partial charge in [-0.3, -0.25) is 10.1 Å². The van der Waals surface area contributed by atoms with Crippen molar-refractivity contribution in [3.8, 4) is 11.5 Å². The number of fused-ring (bicyclic) bond motifs is 1. The molecule has 1 heterocycles. The summed E-state index contributed by atoms with van der Waals surface area (Å²) in [6.07, 6.45) is 8.36. The number of nitrogens with zero attached hydrogens (tertiary/aromatic N) is 1. The van der Waals surface area contributed by atoms with Gasteiger partial charge >= 0.3 is 0 Å². The summed E-state index contributed by atoms with van der Waals surface area (Å²) < 4.78 is 6.43. The van der Waals surface area contributed by atoms with Crippen LogP contribution in [0, 0.1) is 30.9 Å².